The van der Waals surface area contributed by atoms with Gasteiger partial charge in [0.2, 0.25) is 0 Å². The number of aliphatic hydroxyl groups excluding tert-OH is 1. The van der Waals surface area contributed by atoms with E-state index in [9.17, 15) is 15.0 Å². The van der Waals surface area contributed by atoms with Crippen LogP contribution in [-0.4, -0.2) is 47.6 Å². The number of hydrogen-bond acceptors (Lipinski definition) is 5. The topological polar surface area (TPSA) is 106 Å². The zero-order chi connectivity index (χ0) is 15.7. The highest BCUT2D eigenvalue weighted by molar-refractivity contribution is 5.93. The lowest BCUT2D eigenvalue weighted by atomic mass is 10.1. The Hall–Kier alpha value is -2.22. The van der Waals surface area contributed by atoms with E-state index in [4.69, 9.17) is 0 Å². The molecule has 2 heterocycles. The molecule has 8 nitrogen and oxygen atoms in total. The van der Waals surface area contributed by atoms with Gasteiger partial charge < -0.3 is 10.2 Å². The van der Waals surface area contributed by atoms with Crippen LogP contribution in [0.5, 0.6) is 0 Å². The quantitative estimate of drug-likeness (QED) is 0.837. The van der Waals surface area contributed by atoms with Gasteiger partial charge in [0.05, 0.1) is 5.69 Å². The average Bonchev–Trinajstić information content (AvgIpc) is 2.92. The number of carboxylic acids is 1. The average molecular weight is 293 g/mol. The normalized spacial score (nSPS) is 12.6. The molecule has 0 amide bonds. The summed E-state index contributed by atoms with van der Waals surface area (Å²) in [6.07, 6.45) is 0. The second kappa shape index (κ2) is 5.65. The van der Waals surface area contributed by atoms with Gasteiger partial charge in [-0.2, -0.15) is 5.10 Å². The second-order valence-corrected chi connectivity index (χ2v) is 5.23. The summed E-state index contributed by atoms with van der Waals surface area (Å²) in [7, 11) is 1.80. The highest BCUT2D eigenvalue weighted by Gasteiger charge is 2.26. The third-order valence-corrected chi connectivity index (χ3v) is 3.48. The van der Waals surface area contributed by atoms with Crippen molar-refractivity contribution in [1.82, 2.24) is 24.8 Å². The summed E-state index contributed by atoms with van der Waals surface area (Å²) in [6, 6.07) is 0. The Morgan fingerprint density at radius 2 is 2.05 bits per heavy atom. The lowest BCUT2D eigenvalue weighted by Crippen LogP contribution is -2.14. The number of aromatic nitrogens is 5. The van der Waals surface area contributed by atoms with Gasteiger partial charge in [0.15, 0.2) is 5.69 Å². The Labute approximate surface area is 122 Å². The molecule has 1 unspecified atom stereocenters. The number of aryl methyl sites for hydroxylation is 2. The number of carboxylic acid groups (broad SMARTS) is 1. The fourth-order valence-electron chi connectivity index (χ4n) is 2.30. The molecule has 114 valence electrons. The minimum Gasteiger partial charge on any atom is -0.476 e. The van der Waals surface area contributed by atoms with E-state index in [0.29, 0.717) is 12.2 Å². The third-order valence-electron chi connectivity index (χ3n) is 3.48. The number of aliphatic hydroxyl groups is 1. The summed E-state index contributed by atoms with van der Waals surface area (Å²) < 4.78 is 3.23. The van der Waals surface area contributed by atoms with Crippen molar-refractivity contribution in [3.8, 4) is 11.3 Å². The summed E-state index contributed by atoms with van der Waals surface area (Å²) in [5, 5.41) is 30.5. The molecule has 2 aromatic rings. The number of nitrogens with zero attached hydrogens (tertiary/aromatic N) is 5. The molecule has 0 aliphatic carbocycles. The monoisotopic (exact) mass is 293 g/mol. The van der Waals surface area contributed by atoms with Gasteiger partial charge in [-0.3, -0.25) is 4.68 Å². The van der Waals surface area contributed by atoms with Gasteiger partial charge in [-0.15, -0.1) is 5.10 Å². The van der Waals surface area contributed by atoms with Crippen molar-refractivity contribution in [3.63, 3.8) is 0 Å². The molecule has 2 N–H and O–H groups in total. The standard InChI is InChI=1S/C13H19N5O3/c1-7(6-19)5-18-12(11(13(20)21)14-16-18)10-8(2)15-17(4)9(10)3/h7,19H,5-6H2,1-4H3,(H,20,21). The number of hydrogen-bond donors (Lipinski definition) is 2. The maximum atomic E-state index is 11.4. The largest absolute Gasteiger partial charge is 0.476 e. The zero-order valence-electron chi connectivity index (χ0n) is 12.5. The maximum Gasteiger partial charge on any atom is 0.358 e. The summed E-state index contributed by atoms with van der Waals surface area (Å²) in [5.74, 6) is -1.18. The van der Waals surface area contributed by atoms with Gasteiger partial charge in [-0.05, 0) is 19.8 Å². The van der Waals surface area contributed by atoms with Crippen LogP contribution in [0.2, 0.25) is 0 Å². The molecular formula is C13H19N5O3. The fraction of sp³-hybridized carbons (Fsp3) is 0.538. The van der Waals surface area contributed by atoms with Gasteiger partial charge in [0, 0.05) is 31.5 Å². The first-order chi connectivity index (χ1) is 9.86. The van der Waals surface area contributed by atoms with Crippen molar-refractivity contribution in [3.05, 3.63) is 17.1 Å². The van der Waals surface area contributed by atoms with Crippen molar-refractivity contribution < 1.29 is 15.0 Å². The molecule has 0 aliphatic heterocycles. The van der Waals surface area contributed by atoms with Crippen LogP contribution in [-0.2, 0) is 13.6 Å². The third kappa shape index (κ3) is 2.66. The lowest BCUT2D eigenvalue weighted by molar-refractivity contribution is 0.0691. The summed E-state index contributed by atoms with van der Waals surface area (Å²) in [5.41, 5.74) is 2.63. The van der Waals surface area contributed by atoms with Crippen molar-refractivity contribution in [2.24, 2.45) is 13.0 Å². The van der Waals surface area contributed by atoms with E-state index in [0.717, 1.165) is 17.0 Å². The Bertz CT molecular complexity index is 674. The molecule has 2 aromatic heterocycles. The minimum atomic E-state index is -1.13. The molecule has 1 atom stereocenters. The molecule has 0 fully saturated rings. The van der Waals surface area contributed by atoms with E-state index < -0.39 is 5.97 Å². The first kappa shape index (κ1) is 15.2. The fourth-order valence-corrected chi connectivity index (χ4v) is 2.30. The van der Waals surface area contributed by atoms with Gasteiger partial charge in [0.25, 0.3) is 0 Å². The second-order valence-electron chi connectivity index (χ2n) is 5.23. The number of rotatable bonds is 5. The van der Waals surface area contributed by atoms with E-state index in [1.54, 1.807) is 11.7 Å². The Morgan fingerprint density at radius 3 is 2.52 bits per heavy atom. The Morgan fingerprint density at radius 1 is 1.38 bits per heavy atom. The molecule has 0 aromatic carbocycles. The Kier molecular flexibility index (Phi) is 4.08. The smallest absolute Gasteiger partial charge is 0.358 e. The van der Waals surface area contributed by atoms with Crippen molar-refractivity contribution >= 4 is 5.97 Å². The molecule has 8 heteroatoms. The highest BCUT2D eigenvalue weighted by Crippen LogP contribution is 2.29. The van der Waals surface area contributed by atoms with E-state index in [-0.39, 0.29) is 18.2 Å². The van der Waals surface area contributed by atoms with E-state index in [1.165, 1.54) is 4.68 Å². The predicted octanol–water partition coefficient (Wildman–Crippen LogP) is 0.622. The molecule has 0 aliphatic rings. The molecule has 21 heavy (non-hydrogen) atoms. The van der Waals surface area contributed by atoms with Gasteiger partial charge in [-0.25, -0.2) is 9.48 Å². The lowest BCUT2D eigenvalue weighted by Gasteiger charge is -2.11. The highest BCUT2D eigenvalue weighted by atomic mass is 16.4. The van der Waals surface area contributed by atoms with Crippen LogP contribution in [0.1, 0.15) is 28.8 Å². The summed E-state index contributed by atoms with van der Waals surface area (Å²) in [4.78, 5) is 11.4. The molecule has 0 spiro atoms. The molecule has 0 radical (unpaired) electrons. The van der Waals surface area contributed by atoms with Crippen molar-refractivity contribution in [2.75, 3.05) is 6.61 Å². The zero-order valence-corrected chi connectivity index (χ0v) is 12.5. The number of carbonyl (C=O) groups is 1. The SMILES string of the molecule is Cc1nn(C)c(C)c1-c1c(C(=O)O)nnn1CC(C)CO. The van der Waals surface area contributed by atoms with Crippen LogP contribution in [0.3, 0.4) is 0 Å². The van der Waals surface area contributed by atoms with E-state index >= 15 is 0 Å². The van der Waals surface area contributed by atoms with E-state index in [1.807, 2.05) is 20.8 Å². The van der Waals surface area contributed by atoms with Crippen molar-refractivity contribution in [2.45, 2.75) is 27.3 Å². The summed E-state index contributed by atoms with van der Waals surface area (Å²) in [6.45, 7) is 5.93. The number of aromatic carboxylic acids is 1. The van der Waals surface area contributed by atoms with Crippen LogP contribution in [0.15, 0.2) is 0 Å². The van der Waals surface area contributed by atoms with Gasteiger partial charge in [-0.1, -0.05) is 12.1 Å². The van der Waals surface area contributed by atoms with Gasteiger partial charge >= 0.3 is 5.97 Å². The first-order valence-corrected chi connectivity index (χ1v) is 6.65. The molecule has 2 rings (SSSR count). The minimum absolute atomic E-state index is 0.00723. The van der Waals surface area contributed by atoms with Crippen LogP contribution < -0.4 is 0 Å². The van der Waals surface area contributed by atoms with E-state index in [2.05, 4.69) is 15.4 Å². The molecule has 0 saturated heterocycles. The van der Waals surface area contributed by atoms with Crippen LogP contribution >= 0.6 is 0 Å². The Balaban J connectivity index is 2.64. The van der Waals surface area contributed by atoms with Crippen molar-refractivity contribution in [1.29, 1.82) is 0 Å². The van der Waals surface area contributed by atoms with Gasteiger partial charge in [0.1, 0.15) is 5.69 Å². The molecular weight excluding hydrogens is 274 g/mol. The van der Waals surface area contributed by atoms with Crippen LogP contribution in [0, 0.1) is 19.8 Å². The predicted molar refractivity (Wildman–Crippen MR) is 74.9 cm³/mol. The van der Waals surface area contributed by atoms with Crippen LogP contribution in [0.25, 0.3) is 11.3 Å². The maximum absolute atomic E-state index is 11.4. The van der Waals surface area contributed by atoms with Crippen LogP contribution in [0.4, 0.5) is 0 Å². The first-order valence-electron chi connectivity index (χ1n) is 6.65. The summed E-state index contributed by atoms with van der Waals surface area (Å²) >= 11 is 0. The molecule has 0 saturated carbocycles. The molecule has 0 bridgehead atoms.